The molecular weight excluding hydrogens is 449 g/mol. The molecule has 0 amide bonds. The van der Waals surface area contributed by atoms with Gasteiger partial charge in [0.25, 0.3) is 0 Å². The summed E-state index contributed by atoms with van der Waals surface area (Å²) < 4.78 is 54.8. The number of carbonyl (C=O) groups excluding carboxylic acids is 1. The Labute approximate surface area is 195 Å². The van der Waals surface area contributed by atoms with Crippen molar-refractivity contribution in [1.29, 1.82) is 0 Å². The van der Waals surface area contributed by atoms with E-state index < -0.39 is 23.3 Å². The van der Waals surface area contributed by atoms with Gasteiger partial charge in [-0.05, 0) is 75.7 Å². The molecule has 1 heterocycles. The van der Waals surface area contributed by atoms with E-state index in [0.717, 1.165) is 17.7 Å². The van der Waals surface area contributed by atoms with Crippen LogP contribution in [0.3, 0.4) is 0 Å². The lowest BCUT2D eigenvalue weighted by molar-refractivity contribution is -0.158. The van der Waals surface area contributed by atoms with Crippen LogP contribution in [0.2, 0.25) is 0 Å². The van der Waals surface area contributed by atoms with Crippen LogP contribution in [-0.4, -0.2) is 28.4 Å². The van der Waals surface area contributed by atoms with Crippen LogP contribution in [-0.2, 0) is 22.3 Å². The van der Waals surface area contributed by atoms with Gasteiger partial charge in [0.05, 0.1) is 17.9 Å². The fourth-order valence-corrected chi connectivity index (χ4v) is 3.03. The van der Waals surface area contributed by atoms with E-state index in [1.54, 1.807) is 51.1 Å². The summed E-state index contributed by atoms with van der Waals surface area (Å²) in [5.41, 5.74) is 0.470. The second-order valence-corrected chi connectivity index (χ2v) is 8.03. The summed E-state index contributed by atoms with van der Waals surface area (Å²) in [5, 5.41) is 8.17. The van der Waals surface area contributed by atoms with Crippen molar-refractivity contribution in [3.63, 3.8) is 0 Å². The molecule has 0 aliphatic rings. The van der Waals surface area contributed by atoms with Gasteiger partial charge in [-0.3, -0.25) is 0 Å². The summed E-state index contributed by atoms with van der Waals surface area (Å²) in [5.74, 6) is 0.659. The lowest BCUT2D eigenvalue weighted by Gasteiger charge is -2.25. The van der Waals surface area contributed by atoms with E-state index in [9.17, 15) is 18.0 Å². The van der Waals surface area contributed by atoms with Crippen molar-refractivity contribution in [2.75, 3.05) is 6.61 Å². The van der Waals surface area contributed by atoms with Crippen molar-refractivity contribution < 1.29 is 32.2 Å². The van der Waals surface area contributed by atoms with Gasteiger partial charge in [0, 0.05) is 5.56 Å². The van der Waals surface area contributed by atoms with Crippen LogP contribution in [0.15, 0.2) is 54.6 Å². The highest BCUT2D eigenvalue weighted by atomic mass is 19.4. The monoisotopic (exact) mass is 474 g/mol. The number of hydrogen-bond donors (Lipinski definition) is 0. The number of ether oxygens (including phenoxy) is 3. The van der Waals surface area contributed by atoms with Crippen molar-refractivity contribution in [3.05, 3.63) is 71.4 Å². The van der Waals surface area contributed by atoms with Crippen molar-refractivity contribution in [2.24, 2.45) is 0 Å². The first-order chi connectivity index (χ1) is 16.0. The Morgan fingerprint density at radius 3 is 2.24 bits per heavy atom. The second-order valence-electron chi connectivity index (χ2n) is 8.03. The Balaban J connectivity index is 1.61. The van der Waals surface area contributed by atoms with Crippen molar-refractivity contribution in [2.45, 2.75) is 46.1 Å². The summed E-state index contributed by atoms with van der Waals surface area (Å²) in [6.07, 6.45) is -4.38. The van der Waals surface area contributed by atoms with Gasteiger partial charge >= 0.3 is 12.1 Å². The van der Waals surface area contributed by atoms with Crippen molar-refractivity contribution >= 4 is 5.97 Å². The Morgan fingerprint density at radius 2 is 1.68 bits per heavy atom. The molecule has 0 aliphatic carbocycles. The van der Waals surface area contributed by atoms with Gasteiger partial charge < -0.3 is 14.2 Å². The molecule has 3 rings (SSSR count). The maximum Gasteiger partial charge on any atom is 0.416 e. The topological polar surface area (TPSA) is 70.5 Å². The minimum atomic E-state index is -4.38. The Kier molecular flexibility index (Phi) is 7.44. The first kappa shape index (κ1) is 25.0. The SMILES string of the molecule is CCOC(=O)C(C)(C)Oc1ccc(OCc2ccc(-c3ccc(C(F)(F)F)cc3)nn2)cc1C. The van der Waals surface area contributed by atoms with E-state index in [0.29, 0.717) is 28.5 Å². The van der Waals surface area contributed by atoms with Crippen LogP contribution in [0, 0.1) is 6.92 Å². The first-order valence-electron chi connectivity index (χ1n) is 10.6. The molecule has 0 aliphatic heterocycles. The number of aryl methyl sites for hydroxylation is 1. The molecule has 0 fully saturated rings. The summed E-state index contributed by atoms with van der Waals surface area (Å²) in [7, 11) is 0. The van der Waals surface area contributed by atoms with Gasteiger partial charge in [-0.25, -0.2) is 4.79 Å². The maximum absolute atomic E-state index is 12.7. The quantitative estimate of drug-likeness (QED) is 0.386. The summed E-state index contributed by atoms with van der Waals surface area (Å²) in [6.45, 7) is 7.27. The molecule has 2 aromatic carbocycles. The van der Waals surface area contributed by atoms with Crippen LogP contribution < -0.4 is 9.47 Å². The molecule has 0 saturated heterocycles. The predicted octanol–water partition coefficient (Wildman–Crippen LogP) is 5.77. The minimum Gasteiger partial charge on any atom is -0.487 e. The minimum absolute atomic E-state index is 0.147. The highest BCUT2D eigenvalue weighted by Gasteiger charge is 2.32. The highest BCUT2D eigenvalue weighted by Crippen LogP contribution is 2.31. The zero-order chi connectivity index (χ0) is 24.9. The smallest absolute Gasteiger partial charge is 0.416 e. The number of aromatic nitrogens is 2. The Bertz CT molecular complexity index is 1130. The molecule has 3 aromatic rings. The van der Waals surface area contributed by atoms with E-state index in [4.69, 9.17) is 14.2 Å². The third-order valence-corrected chi connectivity index (χ3v) is 4.89. The van der Waals surface area contributed by atoms with Gasteiger partial charge in [0.15, 0.2) is 5.60 Å². The molecule has 0 radical (unpaired) electrons. The predicted molar refractivity (Wildman–Crippen MR) is 119 cm³/mol. The third-order valence-electron chi connectivity index (χ3n) is 4.89. The number of rotatable bonds is 8. The van der Waals surface area contributed by atoms with Gasteiger partial charge in [-0.2, -0.15) is 23.4 Å². The number of benzene rings is 2. The third kappa shape index (κ3) is 6.24. The van der Waals surface area contributed by atoms with Crippen LogP contribution in [0.4, 0.5) is 13.2 Å². The molecule has 6 nitrogen and oxygen atoms in total. The molecule has 34 heavy (non-hydrogen) atoms. The van der Waals surface area contributed by atoms with E-state index in [-0.39, 0.29) is 13.2 Å². The fraction of sp³-hybridized carbons (Fsp3) is 0.320. The highest BCUT2D eigenvalue weighted by molar-refractivity contribution is 5.79. The maximum atomic E-state index is 12.7. The molecule has 0 saturated carbocycles. The zero-order valence-corrected chi connectivity index (χ0v) is 19.3. The van der Waals surface area contributed by atoms with Gasteiger partial charge in [-0.15, -0.1) is 0 Å². The molecule has 0 bridgehead atoms. The zero-order valence-electron chi connectivity index (χ0n) is 19.3. The number of alkyl halides is 3. The average Bonchev–Trinajstić information content (AvgIpc) is 2.79. The lowest BCUT2D eigenvalue weighted by atomic mass is 10.1. The number of nitrogens with zero attached hydrogens (tertiary/aromatic N) is 2. The summed E-state index contributed by atoms with van der Waals surface area (Å²) in [6, 6.07) is 13.3. The number of hydrogen-bond acceptors (Lipinski definition) is 6. The summed E-state index contributed by atoms with van der Waals surface area (Å²) in [4.78, 5) is 12.0. The van der Waals surface area contributed by atoms with E-state index >= 15 is 0 Å². The Hall–Kier alpha value is -3.62. The van der Waals surface area contributed by atoms with Crippen LogP contribution in [0.1, 0.15) is 37.6 Å². The fourth-order valence-electron chi connectivity index (χ4n) is 3.03. The van der Waals surface area contributed by atoms with E-state index in [2.05, 4.69) is 10.2 Å². The van der Waals surface area contributed by atoms with Gasteiger partial charge in [0.1, 0.15) is 23.8 Å². The van der Waals surface area contributed by atoms with E-state index in [1.165, 1.54) is 12.1 Å². The largest absolute Gasteiger partial charge is 0.487 e. The molecule has 180 valence electrons. The standard InChI is InChI=1S/C25H25F3N2O4/c1-5-32-23(31)24(3,4)34-22-13-11-20(14-16(22)2)33-15-19-10-12-21(30-29-19)17-6-8-18(9-7-17)25(26,27)28/h6-14H,5,15H2,1-4H3. The number of carbonyl (C=O) groups is 1. The van der Waals surface area contributed by atoms with Crippen LogP contribution >= 0.6 is 0 Å². The van der Waals surface area contributed by atoms with Gasteiger partial charge in [0.2, 0.25) is 0 Å². The van der Waals surface area contributed by atoms with Gasteiger partial charge in [-0.1, -0.05) is 12.1 Å². The normalized spacial score (nSPS) is 11.7. The number of halogens is 3. The molecule has 0 unspecified atom stereocenters. The van der Waals surface area contributed by atoms with Crippen molar-refractivity contribution in [1.82, 2.24) is 10.2 Å². The average molecular weight is 474 g/mol. The lowest BCUT2D eigenvalue weighted by Crippen LogP contribution is -2.39. The molecule has 1 aromatic heterocycles. The number of esters is 1. The molecule has 0 spiro atoms. The first-order valence-corrected chi connectivity index (χ1v) is 10.6. The van der Waals surface area contributed by atoms with Crippen molar-refractivity contribution in [3.8, 4) is 22.8 Å². The Morgan fingerprint density at radius 1 is 0.971 bits per heavy atom. The van der Waals surface area contributed by atoms with E-state index in [1.807, 2.05) is 6.92 Å². The molecular formula is C25H25F3N2O4. The second kappa shape index (κ2) is 10.1. The summed E-state index contributed by atoms with van der Waals surface area (Å²) >= 11 is 0. The molecule has 0 atom stereocenters. The molecule has 9 heteroatoms. The van der Waals surface area contributed by atoms with Crippen LogP contribution in [0.5, 0.6) is 11.5 Å². The molecule has 0 N–H and O–H groups in total. The van der Waals surface area contributed by atoms with Crippen LogP contribution in [0.25, 0.3) is 11.3 Å².